The summed E-state index contributed by atoms with van der Waals surface area (Å²) >= 11 is 0. The number of halogens is 1. The van der Waals surface area contributed by atoms with Crippen LogP contribution in [0.15, 0.2) is 24.3 Å². The van der Waals surface area contributed by atoms with Crippen molar-refractivity contribution in [3.05, 3.63) is 35.6 Å². The zero-order chi connectivity index (χ0) is 14.5. The minimum Gasteiger partial charge on any atom is -0.312 e. The second-order valence-corrected chi connectivity index (χ2v) is 6.23. The molecule has 0 radical (unpaired) electrons. The molecule has 0 spiro atoms. The van der Waals surface area contributed by atoms with E-state index in [0.717, 1.165) is 18.0 Å². The van der Waals surface area contributed by atoms with Gasteiger partial charge < -0.3 is 10.2 Å². The zero-order valence-electron chi connectivity index (χ0n) is 12.9. The highest BCUT2D eigenvalue weighted by atomic mass is 19.1. The van der Waals surface area contributed by atoms with E-state index in [0.29, 0.717) is 6.04 Å². The van der Waals surface area contributed by atoms with Gasteiger partial charge in [-0.05, 0) is 38.9 Å². The van der Waals surface area contributed by atoms with Crippen LogP contribution >= 0.6 is 0 Å². The molecule has 1 aliphatic carbocycles. The van der Waals surface area contributed by atoms with Crippen LogP contribution in [0.3, 0.4) is 0 Å². The Morgan fingerprint density at radius 1 is 1.35 bits per heavy atom. The third kappa shape index (κ3) is 3.80. The second-order valence-electron chi connectivity index (χ2n) is 6.23. The van der Waals surface area contributed by atoms with E-state index >= 15 is 0 Å². The van der Waals surface area contributed by atoms with Crippen molar-refractivity contribution in [1.82, 2.24) is 10.2 Å². The molecule has 1 fully saturated rings. The van der Waals surface area contributed by atoms with Crippen molar-refractivity contribution < 1.29 is 4.39 Å². The first-order chi connectivity index (χ1) is 9.61. The highest BCUT2D eigenvalue weighted by molar-refractivity contribution is 5.21. The maximum Gasteiger partial charge on any atom is 0.128 e. The van der Waals surface area contributed by atoms with Gasteiger partial charge in [0.25, 0.3) is 0 Å². The minimum atomic E-state index is -0.114. The molecule has 0 aliphatic heterocycles. The number of likely N-dealkylation sites (N-methyl/N-ethyl adjacent to an activating group) is 2. The molecule has 2 nitrogen and oxygen atoms in total. The van der Waals surface area contributed by atoms with E-state index in [1.54, 1.807) is 12.1 Å². The summed E-state index contributed by atoms with van der Waals surface area (Å²) in [6, 6.07) is 7.78. The molecule has 0 aromatic heterocycles. The molecule has 3 unspecified atom stereocenters. The molecule has 0 saturated heterocycles. The van der Waals surface area contributed by atoms with Crippen LogP contribution in [0.1, 0.15) is 44.2 Å². The molecule has 112 valence electrons. The van der Waals surface area contributed by atoms with E-state index in [-0.39, 0.29) is 11.9 Å². The number of benzene rings is 1. The number of hydrogen-bond acceptors (Lipinski definition) is 2. The lowest BCUT2D eigenvalue weighted by molar-refractivity contribution is 0.151. The zero-order valence-corrected chi connectivity index (χ0v) is 12.9. The fourth-order valence-corrected chi connectivity index (χ4v) is 3.34. The fourth-order valence-electron chi connectivity index (χ4n) is 3.34. The molecule has 0 bridgehead atoms. The summed E-state index contributed by atoms with van der Waals surface area (Å²) in [5.41, 5.74) is 0.769. The van der Waals surface area contributed by atoms with Crippen molar-refractivity contribution in [3.63, 3.8) is 0 Å². The van der Waals surface area contributed by atoms with Gasteiger partial charge in [0.15, 0.2) is 0 Å². The summed E-state index contributed by atoms with van der Waals surface area (Å²) in [5.74, 6) is 0.704. The summed E-state index contributed by atoms with van der Waals surface area (Å²) in [4.78, 5) is 2.41. The Balaban J connectivity index is 2.01. The highest BCUT2D eigenvalue weighted by Gasteiger charge is 2.24. The predicted molar refractivity (Wildman–Crippen MR) is 82.3 cm³/mol. The van der Waals surface area contributed by atoms with Crippen molar-refractivity contribution in [2.75, 3.05) is 20.6 Å². The van der Waals surface area contributed by atoms with E-state index in [2.05, 4.69) is 24.2 Å². The van der Waals surface area contributed by atoms with Gasteiger partial charge in [-0.3, -0.25) is 0 Å². The Morgan fingerprint density at radius 2 is 2.10 bits per heavy atom. The fraction of sp³-hybridized carbons (Fsp3) is 0.647. The minimum absolute atomic E-state index is 0.0541. The standard InChI is InChI=1S/C17H27FN2/c1-13-7-6-8-14(11-13)20(3)12-17(19-2)15-9-4-5-10-16(15)18/h4-5,9-10,13-14,17,19H,6-8,11-12H2,1-3H3. The van der Waals surface area contributed by atoms with Crippen LogP contribution in [-0.2, 0) is 0 Å². The molecule has 20 heavy (non-hydrogen) atoms. The van der Waals surface area contributed by atoms with Crippen LogP contribution in [0.2, 0.25) is 0 Å². The van der Waals surface area contributed by atoms with Crippen LogP contribution < -0.4 is 5.32 Å². The average Bonchev–Trinajstić information content (AvgIpc) is 2.45. The van der Waals surface area contributed by atoms with Gasteiger partial charge in [-0.25, -0.2) is 4.39 Å². The van der Waals surface area contributed by atoms with E-state index in [4.69, 9.17) is 0 Å². The second kappa shape index (κ2) is 7.19. The van der Waals surface area contributed by atoms with E-state index < -0.39 is 0 Å². The largest absolute Gasteiger partial charge is 0.312 e. The molecule has 2 rings (SSSR count). The lowest BCUT2D eigenvalue weighted by atomic mass is 9.86. The number of nitrogens with zero attached hydrogens (tertiary/aromatic N) is 1. The van der Waals surface area contributed by atoms with Crippen molar-refractivity contribution in [3.8, 4) is 0 Å². The molecule has 3 heteroatoms. The molecule has 0 amide bonds. The van der Waals surface area contributed by atoms with Gasteiger partial charge >= 0.3 is 0 Å². The molecule has 1 saturated carbocycles. The number of hydrogen-bond donors (Lipinski definition) is 1. The maximum atomic E-state index is 13.9. The van der Waals surface area contributed by atoms with Gasteiger partial charge in [-0.2, -0.15) is 0 Å². The molecule has 1 aromatic carbocycles. The Labute approximate surface area is 122 Å². The molecule has 1 aliphatic rings. The Morgan fingerprint density at radius 3 is 2.75 bits per heavy atom. The van der Waals surface area contributed by atoms with Crippen molar-refractivity contribution in [2.24, 2.45) is 5.92 Å². The Bertz CT molecular complexity index is 421. The Kier molecular flexibility index (Phi) is 5.55. The topological polar surface area (TPSA) is 15.3 Å². The molecule has 1 N–H and O–H groups in total. The normalized spacial score (nSPS) is 24.9. The summed E-state index contributed by atoms with van der Waals surface area (Å²) in [5, 5.41) is 3.26. The van der Waals surface area contributed by atoms with Crippen LogP contribution in [0.25, 0.3) is 0 Å². The van der Waals surface area contributed by atoms with Crippen molar-refractivity contribution in [1.29, 1.82) is 0 Å². The van der Waals surface area contributed by atoms with Crippen LogP contribution in [-0.4, -0.2) is 31.6 Å². The van der Waals surface area contributed by atoms with Crippen LogP contribution in [0.4, 0.5) is 4.39 Å². The van der Waals surface area contributed by atoms with Crippen molar-refractivity contribution >= 4 is 0 Å². The third-order valence-electron chi connectivity index (χ3n) is 4.63. The first-order valence-electron chi connectivity index (χ1n) is 7.73. The summed E-state index contributed by atoms with van der Waals surface area (Å²) < 4.78 is 13.9. The molecule has 0 heterocycles. The first-order valence-corrected chi connectivity index (χ1v) is 7.73. The predicted octanol–water partition coefficient (Wildman–Crippen LogP) is 3.60. The Hall–Kier alpha value is -0.930. The van der Waals surface area contributed by atoms with Gasteiger partial charge in [0.1, 0.15) is 5.82 Å². The molecule has 3 atom stereocenters. The third-order valence-corrected chi connectivity index (χ3v) is 4.63. The number of rotatable bonds is 5. The molecular formula is C17H27FN2. The summed E-state index contributed by atoms with van der Waals surface area (Å²) in [7, 11) is 4.09. The molecular weight excluding hydrogens is 251 g/mol. The van der Waals surface area contributed by atoms with Gasteiger partial charge in [-0.15, -0.1) is 0 Å². The lowest BCUT2D eigenvalue weighted by Gasteiger charge is -2.36. The molecule has 1 aromatic rings. The van der Waals surface area contributed by atoms with Gasteiger partial charge in [0.05, 0.1) is 0 Å². The van der Waals surface area contributed by atoms with E-state index in [1.807, 2.05) is 19.2 Å². The maximum absolute atomic E-state index is 13.9. The number of nitrogens with one attached hydrogen (secondary N) is 1. The average molecular weight is 278 g/mol. The van der Waals surface area contributed by atoms with Crippen molar-refractivity contribution in [2.45, 2.75) is 44.7 Å². The quantitative estimate of drug-likeness (QED) is 0.885. The lowest BCUT2D eigenvalue weighted by Crippen LogP contribution is -2.40. The van der Waals surface area contributed by atoms with E-state index in [9.17, 15) is 4.39 Å². The SMILES string of the molecule is CNC(CN(C)C1CCCC(C)C1)c1ccccc1F. The van der Waals surface area contributed by atoms with Gasteiger partial charge in [0, 0.05) is 24.2 Å². The summed E-state index contributed by atoms with van der Waals surface area (Å²) in [6.45, 7) is 3.20. The van der Waals surface area contributed by atoms with Crippen LogP contribution in [0.5, 0.6) is 0 Å². The first kappa shape index (κ1) is 15.5. The van der Waals surface area contributed by atoms with Gasteiger partial charge in [-0.1, -0.05) is 38.0 Å². The van der Waals surface area contributed by atoms with Crippen LogP contribution in [0, 0.1) is 11.7 Å². The smallest absolute Gasteiger partial charge is 0.128 e. The monoisotopic (exact) mass is 278 g/mol. The van der Waals surface area contributed by atoms with E-state index in [1.165, 1.54) is 25.7 Å². The highest BCUT2D eigenvalue weighted by Crippen LogP contribution is 2.28. The summed E-state index contributed by atoms with van der Waals surface area (Å²) in [6.07, 6.45) is 5.21. The van der Waals surface area contributed by atoms with Gasteiger partial charge in [0.2, 0.25) is 0 Å².